The van der Waals surface area contributed by atoms with Gasteiger partial charge in [0.2, 0.25) is 5.91 Å². The van der Waals surface area contributed by atoms with Gasteiger partial charge < -0.3 is 34.0 Å². The molecule has 374 valence electrons. The summed E-state index contributed by atoms with van der Waals surface area (Å²) in [6, 6.07) is -1.07. The summed E-state index contributed by atoms with van der Waals surface area (Å²) in [7, 11) is 1.13. The number of carbonyl (C=O) groups excluding carboxylic acids is 1. The SMILES string of the molecule is CCCCCCC/C=C\C/C=C\CCCCCCCCCCCCCCCCCC(=O)NC(COP(=O)([O-])OCC[N+](C)(C)C)C(O)C(O)CCCCCCCCCCCCCC. The van der Waals surface area contributed by atoms with Crippen LogP contribution in [0.2, 0.25) is 0 Å². The van der Waals surface area contributed by atoms with Gasteiger partial charge in [-0.05, 0) is 44.9 Å². The molecule has 0 fully saturated rings. The average molecular weight is 913 g/mol. The van der Waals surface area contributed by atoms with Gasteiger partial charge in [-0.1, -0.05) is 224 Å². The molecule has 0 radical (unpaired) electrons. The molecule has 0 saturated carbocycles. The first-order valence-electron chi connectivity index (χ1n) is 26.8. The zero-order valence-corrected chi connectivity index (χ0v) is 43.1. The average Bonchev–Trinajstić information content (AvgIpc) is 3.24. The van der Waals surface area contributed by atoms with Gasteiger partial charge in [-0.25, -0.2) is 0 Å². The van der Waals surface area contributed by atoms with Crippen molar-refractivity contribution in [2.24, 2.45) is 0 Å². The third-order valence-electron chi connectivity index (χ3n) is 12.3. The van der Waals surface area contributed by atoms with Gasteiger partial charge in [0.1, 0.15) is 19.3 Å². The summed E-state index contributed by atoms with van der Waals surface area (Å²) in [6.45, 7) is 4.44. The number of hydrogen-bond acceptors (Lipinski definition) is 7. The van der Waals surface area contributed by atoms with Crippen molar-refractivity contribution in [3.63, 3.8) is 0 Å². The van der Waals surface area contributed by atoms with Crippen LogP contribution in [-0.4, -0.2) is 79.8 Å². The quantitative estimate of drug-likeness (QED) is 0.0240. The van der Waals surface area contributed by atoms with Crippen molar-refractivity contribution in [1.82, 2.24) is 5.32 Å². The van der Waals surface area contributed by atoms with Crippen molar-refractivity contribution in [2.45, 2.75) is 270 Å². The van der Waals surface area contributed by atoms with Crippen LogP contribution < -0.4 is 10.2 Å². The Morgan fingerprint density at radius 2 is 0.952 bits per heavy atom. The first kappa shape index (κ1) is 61.9. The highest BCUT2D eigenvalue weighted by atomic mass is 31.2. The van der Waals surface area contributed by atoms with E-state index in [1.165, 1.54) is 180 Å². The third kappa shape index (κ3) is 45.9. The summed E-state index contributed by atoms with van der Waals surface area (Å²) < 4.78 is 23.2. The third-order valence-corrected chi connectivity index (χ3v) is 13.2. The maximum Gasteiger partial charge on any atom is 0.268 e. The normalized spacial score (nSPS) is 14.7. The van der Waals surface area contributed by atoms with E-state index in [9.17, 15) is 24.5 Å². The van der Waals surface area contributed by atoms with Crippen molar-refractivity contribution in [3.05, 3.63) is 24.3 Å². The topological polar surface area (TPSA) is 128 Å². The lowest BCUT2D eigenvalue weighted by atomic mass is 9.99. The number of carbonyl (C=O) groups is 1. The van der Waals surface area contributed by atoms with E-state index in [-0.39, 0.29) is 18.9 Å². The molecule has 0 aliphatic heterocycles. The number of phosphoric ester groups is 1. The fourth-order valence-electron chi connectivity index (χ4n) is 7.99. The van der Waals surface area contributed by atoms with Gasteiger partial charge in [0, 0.05) is 6.42 Å². The molecule has 10 heteroatoms. The molecular weight excluding hydrogens is 808 g/mol. The van der Waals surface area contributed by atoms with E-state index in [2.05, 4.69) is 43.5 Å². The summed E-state index contributed by atoms with van der Waals surface area (Å²) >= 11 is 0. The van der Waals surface area contributed by atoms with E-state index >= 15 is 0 Å². The molecule has 0 aromatic rings. The highest BCUT2D eigenvalue weighted by Gasteiger charge is 2.29. The van der Waals surface area contributed by atoms with Gasteiger partial charge >= 0.3 is 0 Å². The molecule has 4 atom stereocenters. The minimum atomic E-state index is -4.67. The Balaban J connectivity index is 4.20. The molecule has 3 N–H and O–H groups in total. The van der Waals surface area contributed by atoms with Crippen molar-refractivity contribution >= 4 is 13.7 Å². The minimum Gasteiger partial charge on any atom is -0.756 e. The number of aliphatic hydroxyl groups is 2. The molecule has 0 aliphatic rings. The first-order valence-corrected chi connectivity index (χ1v) is 28.2. The highest BCUT2D eigenvalue weighted by molar-refractivity contribution is 7.45. The predicted octanol–water partition coefficient (Wildman–Crippen LogP) is 14.0. The zero-order chi connectivity index (χ0) is 46.5. The number of allylic oxidation sites excluding steroid dienone is 4. The fraction of sp³-hybridized carbons (Fsp3) is 0.906. The van der Waals surface area contributed by atoms with E-state index < -0.39 is 32.7 Å². The number of nitrogens with one attached hydrogen (secondary N) is 1. The van der Waals surface area contributed by atoms with Crippen LogP contribution in [0, 0.1) is 0 Å². The molecule has 9 nitrogen and oxygen atoms in total. The summed E-state index contributed by atoms with van der Waals surface area (Å²) in [5, 5.41) is 24.7. The second kappa shape index (κ2) is 44.8. The Hall–Kier alpha value is -1.06. The Morgan fingerprint density at radius 1 is 0.571 bits per heavy atom. The van der Waals surface area contributed by atoms with Crippen LogP contribution in [0.25, 0.3) is 0 Å². The number of nitrogens with zero attached hydrogens (tertiary/aromatic N) is 1. The van der Waals surface area contributed by atoms with Gasteiger partial charge in [-0.15, -0.1) is 0 Å². The molecule has 0 rings (SSSR count). The number of aliphatic hydroxyl groups excluding tert-OH is 2. The summed E-state index contributed by atoms with van der Waals surface area (Å²) in [4.78, 5) is 25.5. The number of likely N-dealkylation sites (N-methyl/N-ethyl adjacent to an activating group) is 1. The Labute approximate surface area is 390 Å². The van der Waals surface area contributed by atoms with Crippen LogP contribution >= 0.6 is 7.82 Å². The largest absolute Gasteiger partial charge is 0.756 e. The standard InChI is InChI=1S/C53H105N2O7P/c1-6-8-10-12-14-16-18-20-21-22-23-24-25-26-27-28-29-30-31-32-33-34-36-38-40-42-44-46-52(57)54-50(49-62-63(59,60)61-48-47-55(3,4)5)53(58)51(56)45-43-41-39-37-35-19-17-15-13-11-9-7-2/h18,20,22-23,50-51,53,56,58H,6-17,19,21,24-49H2,1-5H3,(H-,54,57,59,60)/b20-18-,23-22-. The van der Waals surface area contributed by atoms with Gasteiger partial charge in [-0.3, -0.25) is 9.36 Å². The summed E-state index contributed by atoms with van der Waals surface area (Å²) in [6.07, 6.45) is 50.8. The summed E-state index contributed by atoms with van der Waals surface area (Å²) in [5.74, 6) is -0.276. The number of amides is 1. The number of quaternary nitrogens is 1. The van der Waals surface area contributed by atoms with Crippen molar-refractivity contribution < 1.29 is 38.0 Å². The Bertz CT molecular complexity index is 1100. The zero-order valence-electron chi connectivity index (χ0n) is 42.2. The smallest absolute Gasteiger partial charge is 0.268 e. The van der Waals surface area contributed by atoms with Crippen molar-refractivity contribution in [2.75, 3.05) is 40.9 Å². The predicted molar refractivity (Wildman–Crippen MR) is 267 cm³/mol. The molecule has 0 saturated heterocycles. The molecule has 63 heavy (non-hydrogen) atoms. The van der Waals surface area contributed by atoms with Crippen LogP contribution in [0.4, 0.5) is 0 Å². The van der Waals surface area contributed by atoms with Crippen LogP contribution in [0.1, 0.15) is 251 Å². The van der Waals surface area contributed by atoms with E-state index in [0.717, 1.165) is 44.9 Å². The monoisotopic (exact) mass is 913 g/mol. The lowest BCUT2D eigenvalue weighted by molar-refractivity contribution is -0.870. The molecule has 0 heterocycles. The number of phosphoric acid groups is 1. The second-order valence-electron chi connectivity index (χ2n) is 19.7. The maximum absolute atomic E-state index is 13.0. The van der Waals surface area contributed by atoms with Gasteiger partial charge in [-0.2, -0.15) is 0 Å². The molecule has 1 amide bonds. The second-order valence-corrected chi connectivity index (χ2v) is 21.1. The molecule has 0 aliphatic carbocycles. The molecule has 0 bridgehead atoms. The maximum atomic E-state index is 13.0. The van der Waals surface area contributed by atoms with Crippen molar-refractivity contribution in [1.29, 1.82) is 0 Å². The van der Waals surface area contributed by atoms with E-state index in [0.29, 0.717) is 17.4 Å². The molecule has 0 aromatic heterocycles. The van der Waals surface area contributed by atoms with Crippen LogP contribution in [-0.2, 0) is 18.4 Å². The Morgan fingerprint density at radius 3 is 1.37 bits per heavy atom. The van der Waals surface area contributed by atoms with Crippen LogP contribution in [0.15, 0.2) is 24.3 Å². The fourth-order valence-corrected chi connectivity index (χ4v) is 8.71. The molecular formula is C53H105N2O7P. The van der Waals surface area contributed by atoms with Crippen LogP contribution in [0.3, 0.4) is 0 Å². The molecule has 0 aromatic carbocycles. The van der Waals surface area contributed by atoms with Gasteiger partial charge in [0.05, 0.1) is 39.9 Å². The lowest BCUT2D eigenvalue weighted by Gasteiger charge is -2.31. The molecule has 0 spiro atoms. The van der Waals surface area contributed by atoms with Crippen molar-refractivity contribution in [3.8, 4) is 0 Å². The highest BCUT2D eigenvalue weighted by Crippen LogP contribution is 2.38. The van der Waals surface area contributed by atoms with E-state index in [4.69, 9.17) is 9.05 Å². The van der Waals surface area contributed by atoms with Gasteiger partial charge in [0.15, 0.2) is 0 Å². The van der Waals surface area contributed by atoms with E-state index in [1.807, 2.05) is 21.1 Å². The summed E-state index contributed by atoms with van der Waals surface area (Å²) in [5.41, 5.74) is 0. The minimum absolute atomic E-state index is 0.0392. The Kier molecular flexibility index (Phi) is 44.0. The van der Waals surface area contributed by atoms with Gasteiger partial charge in [0.25, 0.3) is 7.82 Å². The number of rotatable bonds is 49. The van der Waals surface area contributed by atoms with Crippen LogP contribution in [0.5, 0.6) is 0 Å². The number of unbranched alkanes of at least 4 members (excludes halogenated alkanes) is 31. The van der Waals surface area contributed by atoms with E-state index in [1.54, 1.807) is 0 Å². The lowest BCUT2D eigenvalue weighted by Crippen LogP contribution is -2.51. The molecule has 4 unspecified atom stereocenters. The number of hydrogen-bond donors (Lipinski definition) is 3. The first-order chi connectivity index (χ1) is 30.4.